The average Bonchev–Trinajstić information content (AvgIpc) is 3.27. The number of benzene rings is 2. The van der Waals surface area contributed by atoms with Gasteiger partial charge in [0.2, 0.25) is 0 Å². The number of piperidine rings is 1. The second-order valence-electron chi connectivity index (χ2n) is 8.69. The highest BCUT2D eigenvalue weighted by Gasteiger charge is 2.31. The summed E-state index contributed by atoms with van der Waals surface area (Å²) in [5, 5.41) is 0. The Hall–Kier alpha value is -3.35. The first-order chi connectivity index (χ1) is 14.8. The molecule has 1 N–H and O–H groups in total. The SMILES string of the molecule is Cc1cc2nc(C3CCCCN3C(=O)c3ccc4c(c3)n(C)c(=O)n4C)[nH]c2cc1C. The molecule has 1 saturated heterocycles. The van der Waals surface area contributed by atoms with Gasteiger partial charge < -0.3 is 9.88 Å². The van der Waals surface area contributed by atoms with Crippen LogP contribution >= 0.6 is 0 Å². The maximum absolute atomic E-state index is 13.5. The fourth-order valence-electron chi connectivity index (χ4n) is 4.71. The van der Waals surface area contributed by atoms with Crippen molar-refractivity contribution in [2.45, 2.75) is 39.2 Å². The van der Waals surface area contributed by atoms with Crippen LogP contribution in [0.25, 0.3) is 22.1 Å². The third-order valence-corrected chi connectivity index (χ3v) is 6.71. The van der Waals surface area contributed by atoms with E-state index in [0.29, 0.717) is 12.1 Å². The molecule has 2 aromatic heterocycles. The molecular weight excluding hydrogens is 390 g/mol. The summed E-state index contributed by atoms with van der Waals surface area (Å²) >= 11 is 0. The van der Waals surface area contributed by atoms with Gasteiger partial charge in [-0.05, 0) is 74.6 Å². The fraction of sp³-hybridized carbons (Fsp3) is 0.375. The van der Waals surface area contributed by atoms with Crippen molar-refractivity contribution in [2.75, 3.05) is 6.54 Å². The molecular formula is C24H27N5O2. The maximum Gasteiger partial charge on any atom is 0.328 e. The minimum atomic E-state index is -0.0942. The Bertz CT molecular complexity index is 1350. The highest BCUT2D eigenvalue weighted by Crippen LogP contribution is 2.32. The number of nitrogens with zero attached hydrogens (tertiary/aromatic N) is 4. The van der Waals surface area contributed by atoms with Crippen LogP contribution in [0.3, 0.4) is 0 Å². The number of hydrogen-bond acceptors (Lipinski definition) is 3. The van der Waals surface area contributed by atoms with Crippen LogP contribution in [0.1, 0.15) is 52.6 Å². The summed E-state index contributed by atoms with van der Waals surface area (Å²) in [7, 11) is 3.48. The van der Waals surface area contributed by atoms with Gasteiger partial charge in [0.15, 0.2) is 0 Å². The first-order valence-electron chi connectivity index (χ1n) is 10.8. The minimum absolute atomic E-state index is 0.0179. The molecule has 3 heterocycles. The van der Waals surface area contributed by atoms with Crippen molar-refractivity contribution in [2.24, 2.45) is 14.1 Å². The van der Waals surface area contributed by atoms with E-state index in [4.69, 9.17) is 4.98 Å². The smallest absolute Gasteiger partial charge is 0.328 e. The monoisotopic (exact) mass is 417 g/mol. The number of fused-ring (bicyclic) bond motifs is 2. The third kappa shape index (κ3) is 3.07. The number of hydrogen-bond donors (Lipinski definition) is 1. The second kappa shape index (κ2) is 7.11. The van der Waals surface area contributed by atoms with E-state index in [1.54, 1.807) is 23.2 Å². The number of amides is 1. The van der Waals surface area contributed by atoms with E-state index in [1.165, 1.54) is 11.1 Å². The number of aromatic amines is 1. The van der Waals surface area contributed by atoms with Crippen molar-refractivity contribution < 1.29 is 4.79 Å². The zero-order valence-electron chi connectivity index (χ0n) is 18.4. The van der Waals surface area contributed by atoms with Gasteiger partial charge in [0.25, 0.3) is 5.91 Å². The Morgan fingerprint density at radius 2 is 1.77 bits per heavy atom. The molecule has 1 atom stereocenters. The molecule has 160 valence electrons. The summed E-state index contributed by atoms with van der Waals surface area (Å²) in [6, 6.07) is 9.65. The van der Waals surface area contributed by atoms with Gasteiger partial charge in [-0.25, -0.2) is 9.78 Å². The van der Waals surface area contributed by atoms with Crippen LogP contribution in [-0.4, -0.2) is 36.5 Å². The number of carbonyl (C=O) groups is 1. The predicted octanol–water partition coefficient (Wildman–Crippen LogP) is 3.74. The number of rotatable bonds is 2. The summed E-state index contributed by atoms with van der Waals surface area (Å²) in [5.41, 5.74) is 6.48. The van der Waals surface area contributed by atoms with Crippen LogP contribution in [0.4, 0.5) is 0 Å². The molecule has 0 spiro atoms. The van der Waals surface area contributed by atoms with Gasteiger partial charge in [-0.3, -0.25) is 13.9 Å². The van der Waals surface area contributed by atoms with Crippen LogP contribution in [-0.2, 0) is 14.1 Å². The molecule has 1 aliphatic heterocycles. The lowest BCUT2D eigenvalue weighted by molar-refractivity contribution is 0.0601. The quantitative estimate of drug-likeness (QED) is 0.540. The Morgan fingerprint density at radius 3 is 2.58 bits per heavy atom. The number of imidazole rings is 2. The molecule has 1 fully saturated rings. The van der Waals surface area contributed by atoms with E-state index in [2.05, 4.69) is 31.0 Å². The van der Waals surface area contributed by atoms with Crippen molar-refractivity contribution >= 4 is 28.0 Å². The Morgan fingerprint density at radius 1 is 1.03 bits per heavy atom. The average molecular weight is 418 g/mol. The van der Waals surface area contributed by atoms with Gasteiger partial charge in [-0.2, -0.15) is 0 Å². The second-order valence-corrected chi connectivity index (χ2v) is 8.69. The lowest BCUT2D eigenvalue weighted by atomic mass is 10.00. The number of aryl methyl sites for hydroxylation is 4. The summed E-state index contributed by atoms with van der Waals surface area (Å²) < 4.78 is 3.19. The van der Waals surface area contributed by atoms with Gasteiger partial charge >= 0.3 is 5.69 Å². The first-order valence-corrected chi connectivity index (χ1v) is 10.8. The molecule has 1 amide bonds. The first kappa shape index (κ1) is 19.6. The van der Waals surface area contributed by atoms with Crippen molar-refractivity contribution in [3.05, 3.63) is 63.3 Å². The number of aromatic nitrogens is 4. The van der Waals surface area contributed by atoms with E-state index in [1.807, 2.05) is 23.1 Å². The van der Waals surface area contributed by atoms with Crippen LogP contribution in [0.5, 0.6) is 0 Å². The third-order valence-electron chi connectivity index (χ3n) is 6.71. The largest absolute Gasteiger partial charge is 0.340 e. The number of likely N-dealkylation sites (tertiary alicyclic amines) is 1. The van der Waals surface area contributed by atoms with Crippen LogP contribution in [0.2, 0.25) is 0 Å². The molecule has 5 rings (SSSR count). The van der Waals surface area contributed by atoms with E-state index in [9.17, 15) is 9.59 Å². The summed E-state index contributed by atoms with van der Waals surface area (Å²) in [6.07, 6.45) is 2.93. The number of nitrogens with one attached hydrogen (secondary N) is 1. The summed E-state index contributed by atoms with van der Waals surface area (Å²) in [5.74, 6) is 0.831. The zero-order chi connectivity index (χ0) is 21.9. The highest BCUT2D eigenvalue weighted by molar-refractivity contribution is 5.97. The minimum Gasteiger partial charge on any atom is -0.340 e. The molecule has 7 nitrogen and oxygen atoms in total. The van der Waals surface area contributed by atoms with Gasteiger partial charge in [0, 0.05) is 26.2 Å². The predicted molar refractivity (Wildman–Crippen MR) is 121 cm³/mol. The van der Waals surface area contributed by atoms with E-state index < -0.39 is 0 Å². The van der Waals surface area contributed by atoms with E-state index in [0.717, 1.165) is 47.2 Å². The summed E-state index contributed by atoms with van der Waals surface area (Å²) in [4.78, 5) is 36.0. The zero-order valence-corrected chi connectivity index (χ0v) is 18.4. The number of H-pyrrole nitrogens is 1. The molecule has 0 saturated carbocycles. The fourth-order valence-corrected chi connectivity index (χ4v) is 4.71. The molecule has 0 bridgehead atoms. The van der Waals surface area contributed by atoms with Crippen molar-refractivity contribution in [3.63, 3.8) is 0 Å². The standard InChI is InChI=1S/C24H27N5O2/c1-14-11-17-18(12-15(14)2)26-22(25-17)20-7-5-6-10-29(20)23(30)16-8-9-19-21(13-16)28(4)24(31)27(19)3/h8-9,11-13,20H,5-7,10H2,1-4H3,(H,25,26). The van der Waals surface area contributed by atoms with E-state index in [-0.39, 0.29) is 17.6 Å². The Labute approximate surface area is 180 Å². The van der Waals surface area contributed by atoms with Crippen LogP contribution < -0.4 is 5.69 Å². The lowest BCUT2D eigenvalue weighted by Gasteiger charge is -2.34. The van der Waals surface area contributed by atoms with Crippen LogP contribution in [0, 0.1) is 13.8 Å². The topological polar surface area (TPSA) is 75.9 Å². The van der Waals surface area contributed by atoms with Crippen molar-refractivity contribution in [3.8, 4) is 0 Å². The van der Waals surface area contributed by atoms with Gasteiger partial charge in [-0.1, -0.05) is 0 Å². The lowest BCUT2D eigenvalue weighted by Crippen LogP contribution is -2.39. The molecule has 4 aromatic rings. The normalized spacial score (nSPS) is 17.0. The maximum atomic E-state index is 13.5. The molecule has 7 heteroatoms. The van der Waals surface area contributed by atoms with Crippen molar-refractivity contribution in [1.82, 2.24) is 24.0 Å². The molecule has 0 radical (unpaired) electrons. The van der Waals surface area contributed by atoms with Crippen LogP contribution in [0.15, 0.2) is 35.1 Å². The molecule has 1 unspecified atom stereocenters. The number of carbonyl (C=O) groups excluding carboxylic acids is 1. The van der Waals surface area contributed by atoms with Gasteiger partial charge in [0.05, 0.1) is 28.1 Å². The van der Waals surface area contributed by atoms with Gasteiger partial charge in [0.1, 0.15) is 5.82 Å². The Kier molecular flexibility index (Phi) is 4.50. The molecule has 31 heavy (non-hydrogen) atoms. The van der Waals surface area contributed by atoms with Crippen molar-refractivity contribution in [1.29, 1.82) is 0 Å². The molecule has 2 aromatic carbocycles. The van der Waals surface area contributed by atoms with Gasteiger partial charge in [-0.15, -0.1) is 0 Å². The molecule has 0 aliphatic carbocycles. The molecule has 1 aliphatic rings. The summed E-state index contributed by atoms with van der Waals surface area (Å²) in [6.45, 7) is 4.88. The Balaban J connectivity index is 1.53. The highest BCUT2D eigenvalue weighted by atomic mass is 16.2. The van der Waals surface area contributed by atoms with E-state index >= 15 is 0 Å².